The van der Waals surface area contributed by atoms with Crippen molar-refractivity contribution in [3.63, 3.8) is 0 Å². The minimum Gasteiger partial charge on any atom is -0.373 e. The molecule has 1 aromatic heterocycles. The molecule has 5 heteroatoms. The van der Waals surface area contributed by atoms with Crippen LogP contribution in [0, 0.1) is 0 Å². The van der Waals surface area contributed by atoms with E-state index in [1.54, 1.807) is 17.0 Å². The first-order chi connectivity index (χ1) is 8.95. The van der Waals surface area contributed by atoms with E-state index in [2.05, 4.69) is 10.3 Å². The van der Waals surface area contributed by atoms with Crippen LogP contribution in [0.2, 0.25) is 0 Å². The van der Waals surface area contributed by atoms with E-state index in [0.717, 1.165) is 19.3 Å². The Hall–Kier alpha value is -1.36. The minimum absolute atomic E-state index is 0.0576. The molecule has 0 amide bonds. The number of hydrogen-bond acceptors (Lipinski definition) is 4. The molecule has 1 aromatic rings. The highest BCUT2D eigenvalue weighted by Gasteiger charge is 2.41. The Labute approximate surface area is 113 Å². The fraction of sp³-hybridized carbons (Fsp3) is 0.714. The van der Waals surface area contributed by atoms with Gasteiger partial charge in [-0.15, -0.1) is 0 Å². The number of aromatic nitrogens is 2. The Bertz CT molecular complexity index is 532. The van der Waals surface area contributed by atoms with Crippen LogP contribution in [0.3, 0.4) is 0 Å². The van der Waals surface area contributed by atoms with Crippen molar-refractivity contribution in [3.05, 3.63) is 22.7 Å². The molecular weight excluding hydrogens is 242 g/mol. The van der Waals surface area contributed by atoms with Crippen molar-refractivity contribution in [2.45, 2.75) is 63.8 Å². The number of anilines is 1. The average Bonchev–Trinajstić information content (AvgIpc) is 2.92. The third-order valence-electron chi connectivity index (χ3n) is 3.99. The van der Waals surface area contributed by atoms with E-state index in [1.165, 1.54) is 0 Å². The lowest BCUT2D eigenvalue weighted by Crippen LogP contribution is -2.38. The minimum atomic E-state index is -0.234. The molecule has 104 valence electrons. The number of ether oxygens (including phenoxy) is 1. The zero-order chi connectivity index (χ0) is 13.6. The second kappa shape index (κ2) is 4.34. The standard InChI is InChI=1S/C14H21N3O2/c1-14(2,3)17-7-6-15-12(13(17)18)16-10-8-9-4-5-11(10)19-9/h6-7,9-11H,4-5,8H2,1-3H3,(H,15,16). The maximum absolute atomic E-state index is 12.4. The van der Waals surface area contributed by atoms with E-state index in [9.17, 15) is 4.79 Å². The van der Waals surface area contributed by atoms with Gasteiger partial charge in [-0.2, -0.15) is 0 Å². The summed E-state index contributed by atoms with van der Waals surface area (Å²) in [6.45, 7) is 6.04. The maximum Gasteiger partial charge on any atom is 0.293 e. The molecule has 0 radical (unpaired) electrons. The first-order valence-electron chi connectivity index (χ1n) is 6.95. The van der Waals surface area contributed by atoms with E-state index in [0.29, 0.717) is 11.9 Å². The van der Waals surface area contributed by atoms with Gasteiger partial charge in [0.1, 0.15) is 0 Å². The normalized spacial score (nSPS) is 29.7. The van der Waals surface area contributed by atoms with Gasteiger partial charge in [0.15, 0.2) is 5.82 Å². The van der Waals surface area contributed by atoms with Gasteiger partial charge in [0, 0.05) is 17.9 Å². The van der Waals surface area contributed by atoms with Crippen LogP contribution in [0.1, 0.15) is 40.0 Å². The van der Waals surface area contributed by atoms with E-state index < -0.39 is 0 Å². The third kappa shape index (κ3) is 2.27. The fourth-order valence-corrected chi connectivity index (χ4v) is 3.00. The summed E-state index contributed by atoms with van der Waals surface area (Å²) < 4.78 is 7.51. The van der Waals surface area contributed by atoms with Gasteiger partial charge in [-0.3, -0.25) is 4.79 Å². The smallest absolute Gasteiger partial charge is 0.293 e. The van der Waals surface area contributed by atoms with Gasteiger partial charge in [-0.05, 0) is 40.0 Å². The molecule has 2 fully saturated rings. The van der Waals surface area contributed by atoms with Crippen LogP contribution in [0.4, 0.5) is 5.82 Å². The van der Waals surface area contributed by atoms with E-state index >= 15 is 0 Å². The van der Waals surface area contributed by atoms with Crippen molar-refractivity contribution >= 4 is 5.82 Å². The molecular formula is C14H21N3O2. The number of hydrogen-bond donors (Lipinski definition) is 1. The highest BCUT2D eigenvalue weighted by atomic mass is 16.5. The molecule has 2 bridgehead atoms. The first kappa shape index (κ1) is 12.7. The van der Waals surface area contributed by atoms with Gasteiger partial charge < -0.3 is 14.6 Å². The number of fused-ring (bicyclic) bond motifs is 2. The van der Waals surface area contributed by atoms with Crippen molar-refractivity contribution in [2.75, 3.05) is 5.32 Å². The molecule has 2 aliphatic heterocycles. The Morgan fingerprint density at radius 3 is 2.79 bits per heavy atom. The summed E-state index contributed by atoms with van der Waals surface area (Å²) in [4.78, 5) is 16.6. The first-order valence-corrected chi connectivity index (χ1v) is 6.95. The van der Waals surface area contributed by atoms with Gasteiger partial charge in [0.2, 0.25) is 0 Å². The van der Waals surface area contributed by atoms with Crippen LogP contribution in [0.5, 0.6) is 0 Å². The molecule has 1 N–H and O–H groups in total. The van der Waals surface area contributed by atoms with Crippen LogP contribution in [-0.2, 0) is 10.3 Å². The highest BCUT2D eigenvalue weighted by Crippen LogP contribution is 2.35. The fourth-order valence-electron chi connectivity index (χ4n) is 3.00. The van der Waals surface area contributed by atoms with Crippen LogP contribution >= 0.6 is 0 Å². The zero-order valence-electron chi connectivity index (χ0n) is 11.7. The Balaban J connectivity index is 1.84. The Morgan fingerprint density at radius 1 is 1.42 bits per heavy atom. The predicted molar refractivity (Wildman–Crippen MR) is 73.4 cm³/mol. The van der Waals surface area contributed by atoms with Gasteiger partial charge in [-0.1, -0.05) is 0 Å². The summed E-state index contributed by atoms with van der Waals surface area (Å²) in [6.07, 6.45) is 7.26. The van der Waals surface area contributed by atoms with Gasteiger partial charge in [0.05, 0.1) is 18.2 Å². The molecule has 0 aromatic carbocycles. The molecule has 0 spiro atoms. The van der Waals surface area contributed by atoms with Gasteiger partial charge >= 0.3 is 0 Å². The molecule has 0 aliphatic carbocycles. The lowest BCUT2D eigenvalue weighted by Gasteiger charge is -2.24. The lowest BCUT2D eigenvalue weighted by molar-refractivity contribution is 0.102. The largest absolute Gasteiger partial charge is 0.373 e. The predicted octanol–water partition coefficient (Wildman–Crippen LogP) is 1.73. The number of nitrogens with one attached hydrogen (secondary N) is 1. The molecule has 5 nitrogen and oxygen atoms in total. The van der Waals surface area contributed by atoms with Crippen LogP contribution in [0.15, 0.2) is 17.2 Å². The molecule has 0 saturated carbocycles. The lowest BCUT2D eigenvalue weighted by atomic mass is 9.95. The average molecular weight is 263 g/mol. The SMILES string of the molecule is CC(C)(C)n1ccnc(NC2CC3CCC2O3)c1=O. The highest BCUT2D eigenvalue weighted by molar-refractivity contribution is 5.34. The molecule has 3 rings (SSSR count). The van der Waals surface area contributed by atoms with Crippen LogP contribution < -0.4 is 10.9 Å². The summed E-state index contributed by atoms with van der Waals surface area (Å²) in [5.41, 5.74) is -0.292. The van der Waals surface area contributed by atoms with Gasteiger partial charge in [0.25, 0.3) is 5.56 Å². The van der Waals surface area contributed by atoms with Crippen LogP contribution in [0.25, 0.3) is 0 Å². The monoisotopic (exact) mass is 263 g/mol. The summed E-state index contributed by atoms with van der Waals surface area (Å²) in [5, 5.41) is 3.28. The van der Waals surface area contributed by atoms with Crippen molar-refractivity contribution < 1.29 is 4.74 Å². The van der Waals surface area contributed by atoms with Gasteiger partial charge in [-0.25, -0.2) is 4.98 Å². The molecule has 19 heavy (non-hydrogen) atoms. The van der Waals surface area contributed by atoms with Crippen molar-refractivity contribution in [1.29, 1.82) is 0 Å². The van der Waals surface area contributed by atoms with E-state index in [4.69, 9.17) is 4.74 Å². The molecule has 2 saturated heterocycles. The van der Waals surface area contributed by atoms with E-state index in [1.807, 2.05) is 20.8 Å². The molecule has 2 aliphatic rings. The van der Waals surface area contributed by atoms with E-state index in [-0.39, 0.29) is 23.2 Å². The van der Waals surface area contributed by atoms with Crippen molar-refractivity contribution in [2.24, 2.45) is 0 Å². The summed E-state index contributed by atoms with van der Waals surface area (Å²) in [6, 6.07) is 0.231. The van der Waals surface area contributed by atoms with Crippen LogP contribution in [-0.4, -0.2) is 27.8 Å². The summed E-state index contributed by atoms with van der Waals surface area (Å²) >= 11 is 0. The molecule has 3 atom stereocenters. The molecule has 3 heterocycles. The summed E-state index contributed by atoms with van der Waals surface area (Å²) in [7, 11) is 0. The van der Waals surface area contributed by atoms with Crippen molar-refractivity contribution in [1.82, 2.24) is 9.55 Å². The molecule has 3 unspecified atom stereocenters. The Kier molecular flexibility index (Phi) is 2.89. The second-order valence-corrected chi connectivity index (χ2v) is 6.48. The second-order valence-electron chi connectivity index (χ2n) is 6.48. The quantitative estimate of drug-likeness (QED) is 0.883. The number of nitrogens with zero attached hydrogens (tertiary/aromatic N) is 2. The van der Waals surface area contributed by atoms with Crippen molar-refractivity contribution in [3.8, 4) is 0 Å². The summed E-state index contributed by atoms with van der Waals surface area (Å²) in [5.74, 6) is 0.443. The third-order valence-corrected chi connectivity index (χ3v) is 3.99. The Morgan fingerprint density at radius 2 is 2.21 bits per heavy atom. The number of rotatable bonds is 2. The topological polar surface area (TPSA) is 56.1 Å². The maximum atomic E-state index is 12.4. The zero-order valence-corrected chi connectivity index (χ0v) is 11.7.